The minimum atomic E-state index is -0.298. The number of carbonyl (C=O) groups excluding carboxylic acids is 3. The lowest BCUT2D eigenvalue weighted by Crippen LogP contribution is -2.20. The SMILES string of the molecule is CCCCCCOC(=O)C(CCCC(=O)OCCCC(C)C)CCCC(=O)OCCCC(C)C. The summed E-state index contributed by atoms with van der Waals surface area (Å²) in [6, 6.07) is 0. The molecular formula is C28H52O6. The maximum absolute atomic E-state index is 12.6. The molecule has 0 saturated heterocycles. The summed E-state index contributed by atoms with van der Waals surface area (Å²) < 4.78 is 16.1. The van der Waals surface area contributed by atoms with E-state index in [1.165, 1.54) is 0 Å². The molecule has 0 saturated carbocycles. The van der Waals surface area contributed by atoms with E-state index in [0.29, 0.717) is 70.2 Å². The van der Waals surface area contributed by atoms with Gasteiger partial charge in [-0.3, -0.25) is 14.4 Å². The van der Waals surface area contributed by atoms with Crippen LogP contribution in [0.4, 0.5) is 0 Å². The molecule has 34 heavy (non-hydrogen) atoms. The molecule has 6 nitrogen and oxygen atoms in total. The predicted octanol–water partition coefficient (Wildman–Crippen LogP) is 7.03. The van der Waals surface area contributed by atoms with Gasteiger partial charge >= 0.3 is 17.9 Å². The summed E-state index contributed by atoms with van der Waals surface area (Å²) in [5, 5.41) is 0. The first-order valence-corrected chi connectivity index (χ1v) is 13.7. The summed E-state index contributed by atoms with van der Waals surface area (Å²) in [5.41, 5.74) is 0. The van der Waals surface area contributed by atoms with Gasteiger partial charge in [-0.1, -0.05) is 53.9 Å². The Morgan fingerprint density at radius 3 is 1.47 bits per heavy atom. The smallest absolute Gasteiger partial charge is 0.308 e. The van der Waals surface area contributed by atoms with Crippen molar-refractivity contribution in [1.29, 1.82) is 0 Å². The molecule has 0 N–H and O–H groups in total. The molecular weight excluding hydrogens is 432 g/mol. The summed E-state index contributed by atoms with van der Waals surface area (Å²) in [5.74, 6) is 0.274. The molecule has 0 amide bonds. The van der Waals surface area contributed by atoms with Gasteiger partial charge < -0.3 is 14.2 Å². The highest BCUT2D eigenvalue weighted by atomic mass is 16.5. The quantitative estimate of drug-likeness (QED) is 0.0932. The van der Waals surface area contributed by atoms with E-state index in [4.69, 9.17) is 14.2 Å². The van der Waals surface area contributed by atoms with Crippen molar-refractivity contribution >= 4 is 17.9 Å². The Bertz CT molecular complexity index is 495. The van der Waals surface area contributed by atoms with Crippen LogP contribution in [0.15, 0.2) is 0 Å². The summed E-state index contributed by atoms with van der Waals surface area (Å²) in [7, 11) is 0. The second-order valence-corrected chi connectivity index (χ2v) is 10.2. The van der Waals surface area contributed by atoms with Gasteiger partial charge in [-0.2, -0.15) is 0 Å². The normalized spacial score (nSPS) is 11.3. The van der Waals surface area contributed by atoms with E-state index in [2.05, 4.69) is 34.6 Å². The topological polar surface area (TPSA) is 78.9 Å². The third kappa shape index (κ3) is 21.0. The summed E-state index contributed by atoms with van der Waals surface area (Å²) >= 11 is 0. The van der Waals surface area contributed by atoms with Crippen LogP contribution in [0.2, 0.25) is 0 Å². The highest BCUT2D eigenvalue weighted by Crippen LogP contribution is 2.19. The number of hydrogen-bond donors (Lipinski definition) is 0. The van der Waals surface area contributed by atoms with E-state index >= 15 is 0 Å². The van der Waals surface area contributed by atoms with Crippen molar-refractivity contribution in [2.45, 2.75) is 125 Å². The van der Waals surface area contributed by atoms with E-state index in [-0.39, 0.29) is 23.8 Å². The van der Waals surface area contributed by atoms with Crippen molar-refractivity contribution in [3.63, 3.8) is 0 Å². The molecule has 0 aliphatic rings. The van der Waals surface area contributed by atoms with Gasteiger partial charge in [0, 0.05) is 12.8 Å². The molecule has 0 aromatic heterocycles. The second-order valence-electron chi connectivity index (χ2n) is 10.2. The lowest BCUT2D eigenvalue weighted by Gasteiger charge is -2.16. The fraction of sp³-hybridized carbons (Fsp3) is 0.893. The monoisotopic (exact) mass is 484 g/mol. The predicted molar refractivity (Wildman–Crippen MR) is 136 cm³/mol. The van der Waals surface area contributed by atoms with Gasteiger partial charge in [-0.15, -0.1) is 0 Å². The first kappa shape index (κ1) is 32.4. The summed E-state index contributed by atoms with van der Waals surface area (Å²) in [6.45, 7) is 12.1. The first-order valence-electron chi connectivity index (χ1n) is 13.7. The zero-order valence-corrected chi connectivity index (χ0v) is 22.7. The third-order valence-electron chi connectivity index (χ3n) is 5.82. The third-order valence-corrected chi connectivity index (χ3v) is 5.82. The van der Waals surface area contributed by atoms with Crippen molar-refractivity contribution in [3.05, 3.63) is 0 Å². The fourth-order valence-corrected chi connectivity index (χ4v) is 3.68. The van der Waals surface area contributed by atoms with Crippen LogP contribution < -0.4 is 0 Å². The highest BCUT2D eigenvalue weighted by Gasteiger charge is 2.21. The number of ether oxygens (including phenoxy) is 3. The Kier molecular flexibility index (Phi) is 20.9. The molecule has 0 atom stereocenters. The Hall–Kier alpha value is -1.59. The lowest BCUT2D eigenvalue weighted by atomic mass is 9.96. The standard InChI is InChI=1S/C28H52O6/c1-6-7-8-9-20-34-28(31)25(16-10-18-26(29)32-21-12-14-23(2)3)17-11-19-27(30)33-22-13-15-24(4)5/h23-25H,6-22H2,1-5H3. The van der Waals surface area contributed by atoms with Crippen LogP contribution in [0, 0.1) is 17.8 Å². The molecule has 6 heteroatoms. The zero-order chi connectivity index (χ0) is 25.6. The molecule has 200 valence electrons. The number of unbranched alkanes of at least 4 members (excludes halogenated alkanes) is 3. The summed E-state index contributed by atoms with van der Waals surface area (Å²) in [4.78, 5) is 36.6. The zero-order valence-electron chi connectivity index (χ0n) is 22.7. The van der Waals surface area contributed by atoms with Gasteiger partial charge in [0.15, 0.2) is 0 Å². The number of carbonyl (C=O) groups is 3. The molecule has 0 fully saturated rings. The van der Waals surface area contributed by atoms with Crippen molar-refractivity contribution < 1.29 is 28.6 Å². The van der Waals surface area contributed by atoms with E-state index < -0.39 is 0 Å². The van der Waals surface area contributed by atoms with E-state index in [1.807, 2.05) is 0 Å². The van der Waals surface area contributed by atoms with E-state index in [0.717, 1.165) is 51.4 Å². The average molecular weight is 485 g/mol. The van der Waals surface area contributed by atoms with Crippen molar-refractivity contribution in [2.75, 3.05) is 19.8 Å². The van der Waals surface area contributed by atoms with Crippen molar-refractivity contribution in [2.24, 2.45) is 17.8 Å². The van der Waals surface area contributed by atoms with Gasteiger partial charge in [0.2, 0.25) is 0 Å². The molecule has 0 rings (SSSR count). The Morgan fingerprint density at radius 1 is 0.559 bits per heavy atom. The first-order chi connectivity index (χ1) is 16.3. The maximum Gasteiger partial charge on any atom is 0.308 e. The molecule has 0 bridgehead atoms. The van der Waals surface area contributed by atoms with Gasteiger partial charge in [-0.05, 0) is 69.6 Å². The van der Waals surface area contributed by atoms with Crippen LogP contribution in [-0.2, 0) is 28.6 Å². The highest BCUT2D eigenvalue weighted by molar-refractivity contribution is 5.73. The Labute approximate surface area is 208 Å². The minimum absolute atomic E-state index is 0.208. The van der Waals surface area contributed by atoms with Gasteiger partial charge in [-0.25, -0.2) is 0 Å². The maximum atomic E-state index is 12.6. The molecule has 0 aliphatic heterocycles. The van der Waals surface area contributed by atoms with Crippen LogP contribution in [0.25, 0.3) is 0 Å². The summed E-state index contributed by atoms with van der Waals surface area (Å²) in [6.07, 6.45) is 11.0. The van der Waals surface area contributed by atoms with E-state index in [9.17, 15) is 14.4 Å². The van der Waals surface area contributed by atoms with E-state index in [1.54, 1.807) is 0 Å². The van der Waals surface area contributed by atoms with Crippen molar-refractivity contribution in [1.82, 2.24) is 0 Å². The fourth-order valence-electron chi connectivity index (χ4n) is 3.68. The number of esters is 3. The van der Waals surface area contributed by atoms with Crippen LogP contribution in [-0.4, -0.2) is 37.7 Å². The number of hydrogen-bond acceptors (Lipinski definition) is 6. The largest absolute Gasteiger partial charge is 0.466 e. The molecule has 0 spiro atoms. The van der Waals surface area contributed by atoms with Crippen LogP contribution >= 0.6 is 0 Å². The molecule has 0 aliphatic carbocycles. The lowest BCUT2D eigenvalue weighted by molar-refractivity contribution is -0.151. The number of rotatable bonds is 22. The Morgan fingerprint density at radius 2 is 1.03 bits per heavy atom. The van der Waals surface area contributed by atoms with Crippen LogP contribution in [0.1, 0.15) is 125 Å². The average Bonchev–Trinajstić information content (AvgIpc) is 2.78. The molecule has 0 heterocycles. The van der Waals surface area contributed by atoms with Gasteiger partial charge in [0.05, 0.1) is 25.7 Å². The van der Waals surface area contributed by atoms with Crippen LogP contribution in [0.5, 0.6) is 0 Å². The van der Waals surface area contributed by atoms with Crippen molar-refractivity contribution in [3.8, 4) is 0 Å². The van der Waals surface area contributed by atoms with Gasteiger partial charge in [0.25, 0.3) is 0 Å². The second kappa shape index (κ2) is 21.9. The molecule has 0 aromatic carbocycles. The molecule has 0 radical (unpaired) electrons. The minimum Gasteiger partial charge on any atom is -0.466 e. The van der Waals surface area contributed by atoms with Crippen LogP contribution in [0.3, 0.4) is 0 Å². The molecule has 0 unspecified atom stereocenters. The Balaban J connectivity index is 4.36. The van der Waals surface area contributed by atoms with Gasteiger partial charge in [0.1, 0.15) is 0 Å². The molecule has 0 aromatic rings.